The Balaban J connectivity index is 1.33. The van der Waals surface area contributed by atoms with Crippen LogP contribution in [0.2, 0.25) is 10.0 Å². The summed E-state index contributed by atoms with van der Waals surface area (Å²) in [4.78, 5) is 5.62. The van der Waals surface area contributed by atoms with E-state index in [-0.39, 0.29) is 0 Å². The highest BCUT2D eigenvalue weighted by Gasteiger charge is 2.45. The molecule has 3 saturated heterocycles. The van der Waals surface area contributed by atoms with E-state index in [1.807, 2.05) is 12.1 Å². The first-order valence-corrected chi connectivity index (χ1v) is 11.6. The molecule has 0 spiro atoms. The summed E-state index contributed by atoms with van der Waals surface area (Å²) >= 11 is 12.3. The smallest absolute Gasteiger partial charge is 0.0595 e. The van der Waals surface area contributed by atoms with Crippen molar-refractivity contribution < 1.29 is 0 Å². The molecular weight excluding hydrogens is 375 g/mol. The Bertz CT molecular complexity index is 731. The van der Waals surface area contributed by atoms with Crippen molar-refractivity contribution in [1.29, 1.82) is 0 Å². The van der Waals surface area contributed by atoms with Gasteiger partial charge in [0.25, 0.3) is 0 Å². The minimum Gasteiger partial charge on any atom is -0.299 e. The molecule has 0 saturated carbocycles. The zero-order chi connectivity index (χ0) is 18.4. The molecule has 1 aromatic carbocycles. The molecular formula is C23H30Cl2N2. The lowest BCUT2D eigenvalue weighted by molar-refractivity contribution is -0.000370. The molecule has 1 aromatic rings. The predicted molar refractivity (Wildman–Crippen MR) is 114 cm³/mol. The fraction of sp³-hybridized carbons (Fsp3) is 0.652. The second kappa shape index (κ2) is 7.71. The Morgan fingerprint density at radius 3 is 2.85 bits per heavy atom. The molecule has 0 N–H and O–H groups in total. The number of rotatable bonds is 3. The highest BCUT2D eigenvalue weighted by Crippen LogP contribution is 2.45. The zero-order valence-electron chi connectivity index (χ0n) is 16.0. The van der Waals surface area contributed by atoms with Gasteiger partial charge in [0.2, 0.25) is 0 Å². The van der Waals surface area contributed by atoms with Crippen molar-refractivity contribution in [3.63, 3.8) is 0 Å². The predicted octanol–water partition coefficient (Wildman–Crippen LogP) is 5.43. The second-order valence-electron chi connectivity index (χ2n) is 9.04. The number of halogens is 2. The maximum Gasteiger partial charge on any atom is 0.0595 e. The van der Waals surface area contributed by atoms with Gasteiger partial charge in [-0.05, 0) is 81.1 Å². The van der Waals surface area contributed by atoms with Crippen LogP contribution >= 0.6 is 23.2 Å². The normalized spacial score (nSPS) is 33.9. The van der Waals surface area contributed by atoms with E-state index in [1.165, 1.54) is 63.7 Å². The summed E-state index contributed by atoms with van der Waals surface area (Å²) in [5.74, 6) is 1.66. The first-order chi connectivity index (χ1) is 13.2. The summed E-state index contributed by atoms with van der Waals surface area (Å²) in [6, 6.07) is 7.63. The molecule has 3 heterocycles. The van der Waals surface area contributed by atoms with Crippen LogP contribution in [-0.4, -0.2) is 48.1 Å². The number of nitrogens with zero attached hydrogens (tertiary/aromatic N) is 2. The van der Waals surface area contributed by atoms with Crippen molar-refractivity contribution in [1.82, 2.24) is 9.80 Å². The van der Waals surface area contributed by atoms with Gasteiger partial charge in [0.1, 0.15) is 0 Å². The van der Waals surface area contributed by atoms with Crippen LogP contribution in [0, 0.1) is 11.8 Å². The molecule has 27 heavy (non-hydrogen) atoms. The van der Waals surface area contributed by atoms with E-state index in [0.29, 0.717) is 16.1 Å². The van der Waals surface area contributed by atoms with Gasteiger partial charge in [-0.3, -0.25) is 9.80 Å². The van der Waals surface area contributed by atoms with Gasteiger partial charge in [-0.1, -0.05) is 47.3 Å². The lowest BCUT2D eigenvalue weighted by Gasteiger charge is -2.54. The first-order valence-electron chi connectivity index (χ1n) is 10.8. The average molecular weight is 405 g/mol. The van der Waals surface area contributed by atoms with Crippen LogP contribution in [-0.2, 0) is 6.42 Å². The van der Waals surface area contributed by atoms with Crippen molar-refractivity contribution in [3.8, 4) is 0 Å². The molecule has 146 valence electrons. The number of benzene rings is 1. The van der Waals surface area contributed by atoms with Gasteiger partial charge in [0.05, 0.1) is 10.0 Å². The molecule has 0 aromatic heterocycles. The van der Waals surface area contributed by atoms with Crippen molar-refractivity contribution in [2.75, 3.05) is 26.2 Å². The zero-order valence-corrected chi connectivity index (χ0v) is 17.6. The van der Waals surface area contributed by atoms with Gasteiger partial charge >= 0.3 is 0 Å². The van der Waals surface area contributed by atoms with E-state index < -0.39 is 0 Å². The Labute approximate surface area is 173 Å². The molecule has 1 aliphatic carbocycles. The minimum atomic E-state index is 0.653. The topological polar surface area (TPSA) is 6.48 Å². The Kier molecular flexibility index (Phi) is 5.28. The average Bonchev–Trinajstić information content (AvgIpc) is 2.69. The SMILES string of the molecule is Clc1ccc(CCN2CCCC3=C[C@H]4C[C@H](CN5CCCC[C@H]45)[C@@H]32)cc1Cl. The van der Waals surface area contributed by atoms with E-state index in [0.717, 1.165) is 30.8 Å². The molecule has 0 amide bonds. The van der Waals surface area contributed by atoms with Crippen LogP contribution in [0.25, 0.3) is 0 Å². The van der Waals surface area contributed by atoms with E-state index in [1.54, 1.807) is 5.57 Å². The van der Waals surface area contributed by atoms with Crippen molar-refractivity contribution >= 4 is 23.2 Å². The van der Waals surface area contributed by atoms with Crippen LogP contribution in [0.15, 0.2) is 29.8 Å². The lowest BCUT2D eigenvalue weighted by Crippen LogP contribution is -2.59. The van der Waals surface area contributed by atoms with Crippen molar-refractivity contribution in [2.24, 2.45) is 11.8 Å². The molecule has 5 rings (SSSR count). The molecule has 4 heteroatoms. The Morgan fingerprint density at radius 2 is 1.96 bits per heavy atom. The third-order valence-electron chi connectivity index (χ3n) is 7.43. The van der Waals surface area contributed by atoms with Crippen molar-refractivity contribution in [3.05, 3.63) is 45.5 Å². The third-order valence-corrected chi connectivity index (χ3v) is 8.17. The van der Waals surface area contributed by atoms with Gasteiger partial charge in [0, 0.05) is 25.2 Å². The number of piperidine rings is 3. The molecule has 3 aliphatic heterocycles. The van der Waals surface area contributed by atoms with Gasteiger partial charge in [-0.2, -0.15) is 0 Å². The van der Waals surface area contributed by atoms with Crippen molar-refractivity contribution in [2.45, 2.75) is 57.0 Å². The molecule has 0 radical (unpaired) electrons. The van der Waals surface area contributed by atoms with Gasteiger partial charge in [0.15, 0.2) is 0 Å². The lowest BCUT2D eigenvalue weighted by atomic mass is 9.68. The first kappa shape index (κ1) is 18.5. The van der Waals surface area contributed by atoms with E-state index in [9.17, 15) is 0 Å². The molecule has 3 fully saturated rings. The van der Waals surface area contributed by atoms with Gasteiger partial charge in [-0.15, -0.1) is 0 Å². The number of hydrogen-bond donors (Lipinski definition) is 0. The Morgan fingerprint density at radius 1 is 1.04 bits per heavy atom. The number of likely N-dealkylation sites (tertiary alicyclic amines) is 1. The van der Waals surface area contributed by atoms with E-state index >= 15 is 0 Å². The molecule has 4 aliphatic rings. The van der Waals surface area contributed by atoms with Gasteiger partial charge < -0.3 is 0 Å². The fourth-order valence-corrected chi connectivity index (χ4v) is 6.62. The summed E-state index contributed by atoms with van der Waals surface area (Å²) in [5.41, 5.74) is 3.07. The summed E-state index contributed by atoms with van der Waals surface area (Å²) in [6.07, 6.45) is 12.1. The van der Waals surface area contributed by atoms with Crippen LogP contribution < -0.4 is 0 Å². The van der Waals surface area contributed by atoms with Crippen LogP contribution in [0.5, 0.6) is 0 Å². The Hall–Kier alpha value is -0.540. The number of fused-ring (bicyclic) bond motifs is 6. The molecule has 2 nitrogen and oxygen atoms in total. The monoisotopic (exact) mass is 404 g/mol. The fourth-order valence-electron chi connectivity index (χ4n) is 6.30. The maximum atomic E-state index is 6.22. The standard InChI is InChI=1S/C23H30Cl2N2/c24-20-7-6-16(12-21(20)25)8-11-26-10-3-4-17-13-18-14-19(23(17)26)15-27-9-2-1-5-22(18)27/h6-7,12-13,18-19,22-23H,1-5,8-11,14-15H2/t18-,19+,22+,23+/m0/s1. The highest BCUT2D eigenvalue weighted by molar-refractivity contribution is 6.42. The molecule has 2 bridgehead atoms. The molecule has 0 unspecified atom stereocenters. The summed E-state index contributed by atoms with van der Waals surface area (Å²) in [5, 5.41) is 1.33. The number of hydrogen-bond acceptors (Lipinski definition) is 2. The van der Waals surface area contributed by atoms with E-state index in [4.69, 9.17) is 23.2 Å². The van der Waals surface area contributed by atoms with E-state index in [2.05, 4.69) is 21.9 Å². The highest BCUT2D eigenvalue weighted by atomic mass is 35.5. The third kappa shape index (κ3) is 3.59. The maximum absolute atomic E-state index is 6.22. The van der Waals surface area contributed by atoms with Crippen LogP contribution in [0.4, 0.5) is 0 Å². The van der Waals surface area contributed by atoms with Crippen LogP contribution in [0.3, 0.4) is 0 Å². The largest absolute Gasteiger partial charge is 0.299 e. The van der Waals surface area contributed by atoms with Gasteiger partial charge in [-0.25, -0.2) is 0 Å². The minimum absolute atomic E-state index is 0.653. The molecule has 4 atom stereocenters. The second-order valence-corrected chi connectivity index (χ2v) is 9.86. The summed E-state index contributed by atoms with van der Waals surface area (Å²) < 4.78 is 0. The summed E-state index contributed by atoms with van der Waals surface area (Å²) in [7, 11) is 0. The summed E-state index contributed by atoms with van der Waals surface area (Å²) in [6.45, 7) is 5.03. The quantitative estimate of drug-likeness (QED) is 0.619. The van der Waals surface area contributed by atoms with Crippen LogP contribution in [0.1, 0.15) is 44.1 Å².